The molecule has 0 atom stereocenters. The van der Waals surface area contributed by atoms with Crippen LogP contribution in [0.3, 0.4) is 0 Å². The molecule has 0 aliphatic heterocycles. The highest BCUT2D eigenvalue weighted by Crippen LogP contribution is 2.34. The van der Waals surface area contributed by atoms with Gasteiger partial charge in [-0.1, -0.05) is 34.8 Å². The van der Waals surface area contributed by atoms with Crippen molar-refractivity contribution in [2.24, 2.45) is 5.10 Å². The monoisotopic (exact) mass is 456 g/mol. The number of nitrogens with zero attached hydrogens (tertiary/aromatic N) is 2. The van der Waals surface area contributed by atoms with Crippen LogP contribution in [0.15, 0.2) is 40.8 Å². The molecule has 0 amide bonds. The summed E-state index contributed by atoms with van der Waals surface area (Å²) in [5.74, 6) is 1.56. The fourth-order valence-corrected chi connectivity index (χ4v) is 3.40. The number of benzene rings is 2. The van der Waals surface area contributed by atoms with Gasteiger partial charge in [0.1, 0.15) is 23.9 Å². The molecule has 0 spiro atoms. The molecule has 0 radical (unpaired) electrons. The van der Waals surface area contributed by atoms with Gasteiger partial charge in [-0.2, -0.15) is 5.10 Å². The summed E-state index contributed by atoms with van der Waals surface area (Å²) in [7, 11) is 1.59. The standard InChI is InChI=1S/C18H15Cl3N4O2S/c1-26-15-3-2-10(7-23-25-18-24-17(22)9-28-18)4-11(15)8-27-16-6-13(20)12(19)5-14(16)21/h2-7,9H,8,22H2,1H3,(H,24,25). The molecule has 0 bridgehead atoms. The highest BCUT2D eigenvalue weighted by molar-refractivity contribution is 7.14. The van der Waals surface area contributed by atoms with Crippen molar-refractivity contribution in [2.75, 3.05) is 18.3 Å². The lowest BCUT2D eigenvalue weighted by molar-refractivity contribution is 0.297. The average Bonchev–Trinajstić information content (AvgIpc) is 3.09. The predicted molar refractivity (Wildman–Crippen MR) is 117 cm³/mol. The number of aromatic nitrogens is 1. The molecule has 0 saturated carbocycles. The van der Waals surface area contributed by atoms with Gasteiger partial charge in [-0.15, -0.1) is 11.3 Å². The number of thiazole rings is 1. The highest BCUT2D eigenvalue weighted by atomic mass is 35.5. The van der Waals surface area contributed by atoms with Crippen LogP contribution in [0.5, 0.6) is 11.5 Å². The lowest BCUT2D eigenvalue weighted by atomic mass is 10.1. The number of rotatable bonds is 7. The van der Waals surface area contributed by atoms with E-state index in [2.05, 4.69) is 15.5 Å². The van der Waals surface area contributed by atoms with Gasteiger partial charge < -0.3 is 15.2 Å². The molecule has 3 aromatic rings. The maximum atomic E-state index is 6.16. The van der Waals surface area contributed by atoms with Gasteiger partial charge in [-0.3, -0.25) is 5.43 Å². The molecule has 146 valence electrons. The number of hydrogen-bond acceptors (Lipinski definition) is 7. The first-order valence-corrected chi connectivity index (χ1v) is 9.92. The van der Waals surface area contributed by atoms with E-state index < -0.39 is 0 Å². The molecule has 3 N–H and O–H groups in total. The molecule has 0 unspecified atom stereocenters. The maximum absolute atomic E-state index is 6.16. The van der Waals surface area contributed by atoms with E-state index in [0.29, 0.717) is 37.5 Å². The molecule has 0 saturated heterocycles. The summed E-state index contributed by atoms with van der Waals surface area (Å²) in [5.41, 5.74) is 10.1. The predicted octanol–water partition coefficient (Wildman–Crippen LogP) is 5.72. The number of methoxy groups -OCH3 is 1. The number of ether oxygens (including phenoxy) is 2. The number of hydrazone groups is 1. The number of halogens is 3. The van der Waals surface area contributed by atoms with Crippen LogP contribution in [0.1, 0.15) is 11.1 Å². The number of nitrogens with two attached hydrogens (primary N) is 1. The van der Waals surface area contributed by atoms with E-state index in [4.69, 9.17) is 50.0 Å². The summed E-state index contributed by atoms with van der Waals surface area (Å²) in [4.78, 5) is 4.07. The molecule has 3 rings (SSSR count). The number of hydrogen-bond donors (Lipinski definition) is 2. The first kappa shape index (κ1) is 20.5. The number of anilines is 2. The third-order valence-corrected chi connectivity index (χ3v) is 5.34. The smallest absolute Gasteiger partial charge is 0.205 e. The van der Waals surface area contributed by atoms with Crippen LogP contribution >= 0.6 is 46.1 Å². The zero-order valence-electron chi connectivity index (χ0n) is 14.6. The van der Waals surface area contributed by atoms with Gasteiger partial charge in [0.05, 0.1) is 28.4 Å². The van der Waals surface area contributed by atoms with Crippen LogP contribution in [-0.4, -0.2) is 18.3 Å². The fourth-order valence-electron chi connectivity index (χ4n) is 2.26. The molecular weight excluding hydrogens is 443 g/mol. The molecule has 1 aromatic heterocycles. The van der Waals surface area contributed by atoms with Gasteiger partial charge in [0.2, 0.25) is 5.13 Å². The molecular formula is C18H15Cl3N4O2S. The zero-order chi connectivity index (χ0) is 20.1. The number of nitrogen functional groups attached to an aromatic ring is 1. The molecule has 10 heteroatoms. The van der Waals surface area contributed by atoms with Gasteiger partial charge in [-0.05, 0) is 29.8 Å². The summed E-state index contributed by atoms with van der Waals surface area (Å²) >= 11 is 19.5. The van der Waals surface area contributed by atoms with Gasteiger partial charge in [0.15, 0.2) is 0 Å². The van der Waals surface area contributed by atoms with Crippen LogP contribution < -0.4 is 20.6 Å². The molecule has 2 aromatic carbocycles. The maximum Gasteiger partial charge on any atom is 0.205 e. The third-order valence-electron chi connectivity index (χ3n) is 3.56. The summed E-state index contributed by atoms with van der Waals surface area (Å²) in [6.07, 6.45) is 1.66. The van der Waals surface area contributed by atoms with E-state index >= 15 is 0 Å². The van der Waals surface area contributed by atoms with E-state index in [9.17, 15) is 0 Å². The van der Waals surface area contributed by atoms with Crippen molar-refractivity contribution >= 4 is 63.3 Å². The number of nitrogens with one attached hydrogen (secondary N) is 1. The Hall–Kier alpha value is -2.19. The first-order valence-electron chi connectivity index (χ1n) is 7.90. The summed E-state index contributed by atoms with van der Waals surface area (Å²) in [6.45, 7) is 0.221. The summed E-state index contributed by atoms with van der Waals surface area (Å²) < 4.78 is 11.2. The van der Waals surface area contributed by atoms with Crippen molar-refractivity contribution in [3.05, 3.63) is 61.9 Å². The van der Waals surface area contributed by atoms with Gasteiger partial charge in [0.25, 0.3) is 0 Å². The van der Waals surface area contributed by atoms with Crippen LogP contribution in [0.2, 0.25) is 15.1 Å². The van der Waals surface area contributed by atoms with E-state index in [0.717, 1.165) is 11.1 Å². The van der Waals surface area contributed by atoms with E-state index in [-0.39, 0.29) is 6.61 Å². The lowest BCUT2D eigenvalue weighted by Crippen LogP contribution is -2.01. The Morgan fingerprint density at radius 3 is 2.64 bits per heavy atom. The lowest BCUT2D eigenvalue weighted by Gasteiger charge is -2.12. The van der Waals surface area contributed by atoms with Crippen LogP contribution in [0.4, 0.5) is 10.9 Å². The minimum Gasteiger partial charge on any atom is -0.496 e. The Labute approximate surface area is 180 Å². The Morgan fingerprint density at radius 2 is 1.93 bits per heavy atom. The van der Waals surface area contributed by atoms with Crippen molar-refractivity contribution in [2.45, 2.75) is 6.61 Å². The Kier molecular flexibility index (Phi) is 6.85. The summed E-state index contributed by atoms with van der Waals surface area (Å²) in [5, 5.41) is 7.60. The Bertz CT molecular complexity index is 1010. The van der Waals surface area contributed by atoms with Crippen molar-refractivity contribution in [3.8, 4) is 11.5 Å². The topological polar surface area (TPSA) is 81.8 Å². The second kappa shape index (κ2) is 9.34. The van der Waals surface area contributed by atoms with Crippen LogP contribution in [-0.2, 0) is 6.61 Å². The fraction of sp³-hybridized carbons (Fsp3) is 0.111. The van der Waals surface area contributed by atoms with E-state index in [1.807, 2.05) is 18.2 Å². The minimum atomic E-state index is 0.221. The largest absolute Gasteiger partial charge is 0.496 e. The van der Waals surface area contributed by atoms with Crippen molar-refractivity contribution in [1.82, 2.24) is 4.98 Å². The molecule has 28 heavy (non-hydrogen) atoms. The van der Waals surface area contributed by atoms with Crippen molar-refractivity contribution < 1.29 is 9.47 Å². The molecule has 1 heterocycles. The molecule has 0 aliphatic rings. The Morgan fingerprint density at radius 1 is 1.14 bits per heavy atom. The van der Waals surface area contributed by atoms with E-state index in [1.54, 1.807) is 24.8 Å². The first-order chi connectivity index (χ1) is 13.5. The normalized spacial score (nSPS) is 11.0. The second-order valence-corrected chi connectivity index (χ2v) is 7.58. The molecule has 6 nitrogen and oxygen atoms in total. The van der Waals surface area contributed by atoms with Gasteiger partial charge >= 0.3 is 0 Å². The second-order valence-electron chi connectivity index (χ2n) is 5.50. The SMILES string of the molecule is COc1ccc(C=NNc2nc(N)cs2)cc1COc1cc(Cl)c(Cl)cc1Cl. The molecule has 0 fully saturated rings. The van der Waals surface area contributed by atoms with Crippen LogP contribution in [0, 0.1) is 0 Å². The van der Waals surface area contributed by atoms with Crippen molar-refractivity contribution in [1.29, 1.82) is 0 Å². The van der Waals surface area contributed by atoms with Crippen LogP contribution in [0.25, 0.3) is 0 Å². The third kappa shape index (κ3) is 5.20. The van der Waals surface area contributed by atoms with Crippen molar-refractivity contribution in [3.63, 3.8) is 0 Å². The minimum absolute atomic E-state index is 0.221. The summed E-state index contributed by atoms with van der Waals surface area (Å²) in [6, 6.07) is 8.71. The average molecular weight is 458 g/mol. The quantitative estimate of drug-likeness (QED) is 0.269. The highest BCUT2D eigenvalue weighted by Gasteiger charge is 2.10. The van der Waals surface area contributed by atoms with E-state index in [1.165, 1.54) is 17.4 Å². The van der Waals surface area contributed by atoms with Gasteiger partial charge in [-0.25, -0.2) is 4.98 Å². The molecule has 0 aliphatic carbocycles. The Balaban J connectivity index is 1.73. The van der Waals surface area contributed by atoms with Gasteiger partial charge in [0, 0.05) is 17.0 Å². The zero-order valence-corrected chi connectivity index (χ0v) is 17.7.